The molecule has 3 aromatic rings. The van der Waals surface area contributed by atoms with Gasteiger partial charge in [-0.1, -0.05) is 12.1 Å². The van der Waals surface area contributed by atoms with Gasteiger partial charge in [0.15, 0.2) is 0 Å². The lowest BCUT2D eigenvalue weighted by Crippen LogP contribution is -2.24. The SMILES string of the molecule is CCn1c(-c2ccc(N3CCCS3(=O)=O)cc2)c(C#N)c2ccc(OC3CCCC3)cc21. The van der Waals surface area contributed by atoms with Gasteiger partial charge in [-0.05, 0) is 68.9 Å². The van der Waals surface area contributed by atoms with Crippen molar-refractivity contribution < 1.29 is 13.2 Å². The molecule has 32 heavy (non-hydrogen) atoms. The quantitative estimate of drug-likeness (QED) is 0.546. The van der Waals surface area contributed by atoms with E-state index in [1.54, 1.807) is 0 Å². The molecule has 2 fully saturated rings. The predicted molar refractivity (Wildman–Crippen MR) is 126 cm³/mol. The molecule has 0 N–H and O–H groups in total. The number of benzene rings is 2. The van der Waals surface area contributed by atoms with Crippen LogP contribution in [0.15, 0.2) is 42.5 Å². The van der Waals surface area contributed by atoms with E-state index in [0.717, 1.165) is 40.8 Å². The van der Waals surface area contributed by atoms with Gasteiger partial charge in [0.1, 0.15) is 11.8 Å². The maximum Gasteiger partial charge on any atom is 0.235 e. The van der Waals surface area contributed by atoms with Crippen LogP contribution in [0, 0.1) is 11.3 Å². The normalized spacial score (nSPS) is 18.3. The fourth-order valence-electron chi connectivity index (χ4n) is 5.06. The zero-order valence-electron chi connectivity index (χ0n) is 18.3. The summed E-state index contributed by atoms with van der Waals surface area (Å²) in [6.07, 6.45) is 5.56. The van der Waals surface area contributed by atoms with Crippen LogP contribution in [0.25, 0.3) is 22.2 Å². The van der Waals surface area contributed by atoms with E-state index in [1.807, 2.05) is 42.5 Å². The molecular weight excluding hydrogens is 422 g/mol. The minimum Gasteiger partial charge on any atom is -0.490 e. The van der Waals surface area contributed by atoms with Gasteiger partial charge in [0, 0.05) is 24.5 Å². The Hall–Kier alpha value is -2.98. The van der Waals surface area contributed by atoms with Crippen molar-refractivity contribution >= 4 is 26.6 Å². The van der Waals surface area contributed by atoms with Gasteiger partial charge in [-0.15, -0.1) is 0 Å². The van der Waals surface area contributed by atoms with Crippen molar-refractivity contribution in [3.05, 3.63) is 48.0 Å². The summed E-state index contributed by atoms with van der Waals surface area (Å²) < 4.78 is 34.3. The smallest absolute Gasteiger partial charge is 0.235 e. The first kappa shape index (κ1) is 20.9. The lowest BCUT2D eigenvalue weighted by atomic mass is 10.1. The first-order chi connectivity index (χ1) is 15.5. The number of hydrogen-bond donors (Lipinski definition) is 0. The zero-order chi connectivity index (χ0) is 22.3. The number of rotatable bonds is 5. The van der Waals surface area contributed by atoms with Crippen LogP contribution in [0.3, 0.4) is 0 Å². The molecule has 1 saturated heterocycles. The minimum atomic E-state index is -3.22. The van der Waals surface area contributed by atoms with Crippen molar-refractivity contribution in [2.45, 2.75) is 51.7 Å². The summed E-state index contributed by atoms with van der Waals surface area (Å²) in [5.74, 6) is 1.05. The van der Waals surface area contributed by atoms with Crippen LogP contribution in [0.4, 0.5) is 5.69 Å². The number of nitriles is 1. The monoisotopic (exact) mass is 449 g/mol. The van der Waals surface area contributed by atoms with Crippen LogP contribution in [-0.4, -0.2) is 31.4 Å². The molecule has 2 aromatic carbocycles. The summed E-state index contributed by atoms with van der Waals surface area (Å²) in [5, 5.41) is 10.9. The number of sulfonamides is 1. The summed E-state index contributed by atoms with van der Waals surface area (Å²) in [5.41, 5.74) is 4.06. The molecule has 0 radical (unpaired) electrons. The van der Waals surface area contributed by atoms with Crippen LogP contribution in [0.1, 0.15) is 44.6 Å². The number of ether oxygens (including phenoxy) is 1. The zero-order valence-corrected chi connectivity index (χ0v) is 19.1. The third-order valence-corrected chi connectivity index (χ3v) is 8.47. The van der Waals surface area contributed by atoms with E-state index in [0.29, 0.717) is 30.8 Å². The molecule has 2 heterocycles. The second-order valence-corrected chi connectivity index (χ2v) is 10.6. The molecule has 0 spiro atoms. The van der Waals surface area contributed by atoms with Gasteiger partial charge in [-0.3, -0.25) is 4.31 Å². The molecule has 1 aromatic heterocycles. The minimum absolute atomic E-state index is 0.197. The highest BCUT2D eigenvalue weighted by molar-refractivity contribution is 7.93. The van der Waals surface area contributed by atoms with Gasteiger partial charge in [0.25, 0.3) is 0 Å². The van der Waals surface area contributed by atoms with Crippen LogP contribution in [-0.2, 0) is 16.6 Å². The number of anilines is 1. The number of hydrogen-bond acceptors (Lipinski definition) is 4. The van der Waals surface area contributed by atoms with Gasteiger partial charge >= 0.3 is 0 Å². The third kappa shape index (κ3) is 3.53. The molecule has 0 unspecified atom stereocenters. The topological polar surface area (TPSA) is 75.3 Å². The van der Waals surface area contributed by atoms with E-state index in [-0.39, 0.29) is 11.9 Å². The van der Waals surface area contributed by atoms with Crippen molar-refractivity contribution in [3.63, 3.8) is 0 Å². The Morgan fingerprint density at radius 3 is 2.47 bits per heavy atom. The Morgan fingerprint density at radius 2 is 1.84 bits per heavy atom. The second kappa shape index (κ2) is 8.18. The first-order valence-electron chi connectivity index (χ1n) is 11.4. The van der Waals surface area contributed by atoms with E-state index < -0.39 is 10.0 Å². The van der Waals surface area contributed by atoms with Crippen molar-refractivity contribution in [2.24, 2.45) is 0 Å². The molecule has 166 valence electrons. The lowest BCUT2D eigenvalue weighted by molar-refractivity contribution is 0.210. The summed E-state index contributed by atoms with van der Waals surface area (Å²) in [7, 11) is -3.22. The largest absolute Gasteiger partial charge is 0.490 e. The molecule has 1 aliphatic carbocycles. The van der Waals surface area contributed by atoms with Crippen molar-refractivity contribution in [1.82, 2.24) is 4.57 Å². The van der Waals surface area contributed by atoms with Crippen molar-refractivity contribution in [2.75, 3.05) is 16.6 Å². The molecule has 5 rings (SSSR count). The molecule has 0 bridgehead atoms. The molecule has 2 aliphatic rings. The molecule has 7 heteroatoms. The number of aromatic nitrogens is 1. The highest BCUT2D eigenvalue weighted by Crippen LogP contribution is 2.37. The van der Waals surface area contributed by atoms with Crippen LogP contribution in [0.5, 0.6) is 5.75 Å². The van der Waals surface area contributed by atoms with Crippen molar-refractivity contribution in [1.29, 1.82) is 5.26 Å². The molecule has 6 nitrogen and oxygen atoms in total. The van der Waals surface area contributed by atoms with Gasteiger partial charge in [0.05, 0.1) is 34.3 Å². The van der Waals surface area contributed by atoms with Gasteiger partial charge < -0.3 is 9.30 Å². The number of fused-ring (bicyclic) bond motifs is 1. The van der Waals surface area contributed by atoms with E-state index in [1.165, 1.54) is 17.1 Å². The van der Waals surface area contributed by atoms with Gasteiger partial charge in [-0.2, -0.15) is 5.26 Å². The fraction of sp³-hybridized carbons (Fsp3) is 0.400. The molecule has 1 aliphatic heterocycles. The number of aryl methyl sites for hydroxylation is 1. The third-order valence-electron chi connectivity index (χ3n) is 6.60. The summed E-state index contributed by atoms with van der Waals surface area (Å²) in [6.45, 7) is 3.30. The van der Waals surface area contributed by atoms with Crippen LogP contribution < -0.4 is 9.04 Å². The Balaban J connectivity index is 1.56. The van der Waals surface area contributed by atoms with E-state index in [4.69, 9.17) is 4.74 Å². The fourth-order valence-corrected chi connectivity index (χ4v) is 6.62. The summed E-state index contributed by atoms with van der Waals surface area (Å²) in [6, 6.07) is 15.9. The maximum absolute atomic E-state index is 12.3. The Labute approximate surface area is 189 Å². The van der Waals surface area contributed by atoms with Crippen LogP contribution >= 0.6 is 0 Å². The van der Waals surface area contributed by atoms with E-state index in [9.17, 15) is 13.7 Å². The highest BCUT2D eigenvalue weighted by Gasteiger charge is 2.28. The van der Waals surface area contributed by atoms with E-state index in [2.05, 4.69) is 17.6 Å². The average Bonchev–Trinajstić information content (AvgIpc) is 3.50. The Kier molecular flexibility index (Phi) is 5.34. The predicted octanol–water partition coefficient (Wildman–Crippen LogP) is 5.06. The lowest BCUT2D eigenvalue weighted by Gasteiger charge is -2.17. The first-order valence-corrected chi connectivity index (χ1v) is 13.0. The average molecular weight is 450 g/mol. The van der Waals surface area contributed by atoms with E-state index >= 15 is 0 Å². The Bertz CT molecular complexity index is 1300. The van der Waals surface area contributed by atoms with Crippen LogP contribution in [0.2, 0.25) is 0 Å². The van der Waals surface area contributed by atoms with Crippen molar-refractivity contribution in [3.8, 4) is 23.1 Å². The highest BCUT2D eigenvalue weighted by atomic mass is 32.2. The molecule has 1 saturated carbocycles. The summed E-state index contributed by atoms with van der Waals surface area (Å²) >= 11 is 0. The second-order valence-electron chi connectivity index (χ2n) is 8.57. The standard InChI is InChI=1S/C25H27N3O3S/c1-2-27-24-16-21(31-20-6-3-4-7-20)12-13-22(24)23(17-26)25(27)18-8-10-19(11-9-18)28-14-5-15-32(28,29)30/h8-13,16,20H,2-7,14-15H2,1H3. The Morgan fingerprint density at radius 1 is 1.09 bits per heavy atom. The van der Waals surface area contributed by atoms with Gasteiger partial charge in [-0.25, -0.2) is 8.42 Å². The molecular formula is C25H27N3O3S. The molecule has 0 atom stereocenters. The van der Waals surface area contributed by atoms with Gasteiger partial charge in [0.2, 0.25) is 10.0 Å². The maximum atomic E-state index is 12.3. The summed E-state index contributed by atoms with van der Waals surface area (Å²) in [4.78, 5) is 0. The number of nitrogens with zero attached hydrogens (tertiary/aromatic N) is 3. The molecule has 0 amide bonds.